The minimum atomic E-state index is -0.770. The summed E-state index contributed by atoms with van der Waals surface area (Å²) >= 11 is 0. The number of anilines is 1. The first-order chi connectivity index (χ1) is 12.8. The Morgan fingerprint density at radius 1 is 1.07 bits per heavy atom. The lowest BCUT2D eigenvalue weighted by Gasteiger charge is -2.24. The summed E-state index contributed by atoms with van der Waals surface area (Å²) in [6.07, 6.45) is 0. The molecule has 0 fully saturated rings. The Balaban J connectivity index is 1.60. The van der Waals surface area contributed by atoms with Crippen molar-refractivity contribution in [3.63, 3.8) is 0 Å². The third-order valence-corrected chi connectivity index (χ3v) is 4.50. The molecule has 0 unspecified atom stereocenters. The molecule has 3 amide bonds. The van der Waals surface area contributed by atoms with Crippen molar-refractivity contribution in [3.05, 3.63) is 65.0 Å². The van der Waals surface area contributed by atoms with Gasteiger partial charge in [-0.25, -0.2) is 9.18 Å². The summed E-state index contributed by atoms with van der Waals surface area (Å²) < 4.78 is 18.5. The van der Waals surface area contributed by atoms with Gasteiger partial charge in [-0.05, 0) is 61.4 Å². The first kappa shape index (κ1) is 18.8. The zero-order valence-electron chi connectivity index (χ0n) is 15.5. The summed E-state index contributed by atoms with van der Waals surface area (Å²) in [6, 6.07) is 10.9. The number of nitrogens with zero attached hydrogens (tertiary/aromatic N) is 1. The molecule has 0 saturated carbocycles. The van der Waals surface area contributed by atoms with E-state index in [0.29, 0.717) is 24.3 Å². The number of carbonyl (C=O) groups excluding carboxylic acids is 2. The Bertz CT molecular complexity index is 865. The molecule has 1 heterocycles. The normalized spacial score (nSPS) is 13.3. The van der Waals surface area contributed by atoms with Gasteiger partial charge >= 0.3 is 6.03 Å². The smallest absolute Gasteiger partial charge is 0.322 e. The summed E-state index contributed by atoms with van der Waals surface area (Å²) in [4.78, 5) is 26.2. The first-order valence-corrected chi connectivity index (χ1v) is 8.58. The van der Waals surface area contributed by atoms with Crippen molar-refractivity contribution >= 4 is 17.6 Å². The molecule has 1 aliphatic heterocycles. The number of carbonyl (C=O) groups is 2. The maximum absolute atomic E-state index is 13.3. The minimum Gasteiger partial charge on any atom is -0.360 e. The molecular weight excluding hydrogens is 349 g/mol. The highest BCUT2D eigenvalue weighted by atomic mass is 19.1. The second-order valence-corrected chi connectivity index (χ2v) is 6.95. The van der Waals surface area contributed by atoms with Gasteiger partial charge in [0, 0.05) is 31.5 Å². The number of nitrogens with one attached hydrogen (secondary N) is 2. The molecule has 27 heavy (non-hydrogen) atoms. The first-order valence-electron chi connectivity index (χ1n) is 8.58. The van der Waals surface area contributed by atoms with Crippen molar-refractivity contribution in [1.29, 1.82) is 0 Å². The van der Waals surface area contributed by atoms with E-state index in [0.717, 1.165) is 11.1 Å². The van der Waals surface area contributed by atoms with Crippen LogP contribution in [0.25, 0.3) is 0 Å². The summed E-state index contributed by atoms with van der Waals surface area (Å²) in [5, 5.41) is 5.55. The zero-order valence-corrected chi connectivity index (χ0v) is 15.5. The van der Waals surface area contributed by atoms with Gasteiger partial charge in [0.2, 0.25) is 0 Å². The van der Waals surface area contributed by atoms with Crippen molar-refractivity contribution in [2.24, 2.45) is 0 Å². The number of ether oxygens (including phenoxy) is 1. The molecule has 0 aromatic heterocycles. The van der Waals surface area contributed by atoms with Crippen molar-refractivity contribution in [1.82, 2.24) is 10.2 Å². The number of benzene rings is 2. The van der Waals surface area contributed by atoms with Crippen molar-refractivity contribution < 1.29 is 18.7 Å². The quantitative estimate of drug-likeness (QED) is 0.809. The molecule has 6 nitrogen and oxygen atoms in total. The summed E-state index contributed by atoms with van der Waals surface area (Å²) in [6.45, 7) is 4.30. The number of halogens is 1. The van der Waals surface area contributed by atoms with Crippen LogP contribution in [0.4, 0.5) is 14.9 Å². The lowest BCUT2D eigenvalue weighted by molar-refractivity contribution is -0.00347. The average Bonchev–Trinajstić information content (AvgIpc) is 3.05. The highest BCUT2D eigenvalue weighted by Crippen LogP contribution is 2.24. The molecule has 0 spiro atoms. The number of urea groups is 1. The molecule has 0 radical (unpaired) electrons. The molecule has 0 bridgehead atoms. The monoisotopic (exact) mass is 371 g/mol. The van der Waals surface area contributed by atoms with E-state index in [1.165, 1.54) is 19.2 Å². The van der Waals surface area contributed by atoms with Crippen LogP contribution in [0.5, 0.6) is 0 Å². The Kier molecular flexibility index (Phi) is 5.14. The van der Waals surface area contributed by atoms with E-state index < -0.39 is 5.72 Å². The van der Waals surface area contributed by atoms with Gasteiger partial charge in [-0.1, -0.05) is 6.07 Å². The molecule has 142 valence electrons. The van der Waals surface area contributed by atoms with Crippen LogP contribution in [0.3, 0.4) is 0 Å². The van der Waals surface area contributed by atoms with Crippen LogP contribution in [0, 0.1) is 5.82 Å². The number of rotatable bonds is 4. The molecule has 0 aliphatic carbocycles. The number of methoxy groups -OCH3 is 1. The van der Waals surface area contributed by atoms with Gasteiger partial charge in [0.05, 0.1) is 0 Å². The van der Waals surface area contributed by atoms with E-state index in [1.807, 2.05) is 0 Å². The Labute approximate surface area is 157 Å². The van der Waals surface area contributed by atoms with Crippen molar-refractivity contribution in [3.8, 4) is 0 Å². The number of amides is 3. The third-order valence-electron chi connectivity index (χ3n) is 4.50. The van der Waals surface area contributed by atoms with Gasteiger partial charge in [0.25, 0.3) is 5.91 Å². The zero-order chi connectivity index (χ0) is 19.6. The van der Waals surface area contributed by atoms with E-state index in [2.05, 4.69) is 10.6 Å². The van der Waals surface area contributed by atoms with Crippen LogP contribution in [-0.2, 0) is 17.8 Å². The van der Waals surface area contributed by atoms with E-state index >= 15 is 0 Å². The fourth-order valence-electron chi connectivity index (χ4n) is 2.81. The number of hydrogen-bond donors (Lipinski definition) is 2. The fraction of sp³-hybridized carbons (Fsp3) is 0.300. The van der Waals surface area contributed by atoms with Crippen LogP contribution in [0.2, 0.25) is 0 Å². The molecule has 3 rings (SSSR count). The molecule has 1 aliphatic rings. The summed E-state index contributed by atoms with van der Waals surface area (Å²) in [5.74, 6) is -0.571. The standard InChI is InChI=1S/C20H22FN3O3/c1-20(2,27-3)23-18(25)13-5-8-17(9-6-13)22-19(26)24-11-14-4-7-16(21)10-15(14)12-24/h4-10H,11-12H2,1-3H3,(H,22,26)(H,23,25). The maximum Gasteiger partial charge on any atom is 0.322 e. The average molecular weight is 371 g/mol. The Morgan fingerprint density at radius 3 is 2.41 bits per heavy atom. The van der Waals surface area contributed by atoms with Gasteiger partial charge in [0.15, 0.2) is 0 Å². The second-order valence-electron chi connectivity index (χ2n) is 6.95. The largest absolute Gasteiger partial charge is 0.360 e. The van der Waals surface area contributed by atoms with Crippen LogP contribution in [0.1, 0.15) is 35.3 Å². The van der Waals surface area contributed by atoms with E-state index in [1.54, 1.807) is 49.1 Å². The highest BCUT2D eigenvalue weighted by Gasteiger charge is 2.24. The molecule has 2 aromatic carbocycles. The van der Waals surface area contributed by atoms with Gasteiger partial charge in [0.1, 0.15) is 11.5 Å². The number of fused-ring (bicyclic) bond motifs is 1. The maximum atomic E-state index is 13.3. The van der Waals surface area contributed by atoms with Crippen LogP contribution < -0.4 is 10.6 Å². The van der Waals surface area contributed by atoms with Crippen molar-refractivity contribution in [2.75, 3.05) is 12.4 Å². The predicted octanol–water partition coefficient (Wildman–Crippen LogP) is 3.49. The SMILES string of the molecule is COC(C)(C)NC(=O)c1ccc(NC(=O)N2Cc3ccc(F)cc3C2)cc1. The topological polar surface area (TPSA) is 70.7 Å². The lowest BCUT2D eigenvalue weighted by atomic mass is 10.1. The Hall–Kier alpha value is -2.93. The summed E-state index contributed by atoms with van der Waals surface area (Å²) in [5.41, 5.74) is 2.03. The van der Waals surface area contributed by atoms with Gasteiger partial charge in [-0.15, -0.1) is 0 Å². The molecule has 7 heteroatoms. The molecular formula is C20H22FN3O3. The molecule has 0 saturated heterocycles. The van der Waals surface area contributed by atoms with Gasteiger partial charge < -0.3 is 20.3 Å². The fourth-order valence-corrected chi connectivity index (χ4v) is 2.81. The van der Waals surface area contributed by atoms with E-state index in [4.69, 9.17) is 4.74 Å². The summed E-state index contributed by atoms with van der Waals surface area (Å²) in [7, 11) is 1.52. The Morgan fingerprint density at radius 2 is 1.74 bits per heavy atom. The molecule has 2 N–H and O–H groups in total. The van der Waals surface area contributed by atoms with Gasteiger partial charge in [-0.3, -0.25) is 4.79 Å². The second kappa shape index (κ2) is 7.36. The molecule has 0 atom stereocenters. The number of hydrogen-bond acceptors (Lipinski definition) is 3. The van der Waals surface area contributed by atoms with Crippen LogP contribution in [-0.4, -0.2) is 29.7 Å². The van der Waals surface area contributed by atoms with E-state index in [9.17, 15) is 14.0 Å². The highest BCUT2D eigenvalue weighted by molar-refractivity contribution is 5.95. The predicted molar refractivity (Wildman–Crippen MR) is 99.7 cm³/mol. The van der Waals surface area contributed by atoms with Crippen molar-refractivity contribution in [2.45, 2.75) is 32.7 Å². The third kappa shape index (κ3) is 4.43. The van der Waals surface area contributed by atoms with E-state index in [-0.39, 0.29) is 17.8 Å². The van der Waals surface area contributed by atoms with Crippen LogP contribution in [0.15, 0.2) is 42.5 Å². The lowest BCUT2D eigenvalue weighted by Crippen LogP contribution is -2.44. The minimum absolute atomic E-state index is 0.267. The molecule has 2 aromatic rings. The van der Waals surface area contributed by atoms with Crippen LogP contribution >= 0.6 is 0 Å². The van der Waals surface area contributed by atoms with Gasteiger partial charge in [-0.2, -0.15) is 0 Å².